The van der Waals surface area contributed by atoms with Crippen molar-refractivity contribution >= 4 is 17.4 Å². The van der Waals surface area contributed by atoms with Crippen molar-refractivity contribution in [2.24, 2.45) is 0 Å². The first-order valence-corrected chi connectivity index (χ1v) is 14.3. The van der Waals surface area contributed by atoms with E-state index >= 15 is 0 Å². The average Bonchev–Trinajstić information content (AvgIpc) is 3.19. The second-order valence-corrected chi connectivity index (χ2v) is 9.97. The van der Waals surface area contributed by atoms with Crippen LogP contribution in [0.4, 0.5) is 0 Å². The van der Waals surface area contributed by atoms with E-state index in [1.165, 1.54) is 0 Å². The summed E-state index contributed by atoms with van der Waals surface area (Å²) in [4.78, 5) is 30.5. The van der Waals surface area contributed by atoms with Crippen LogP contribution in [0.15, 0.2) is 48.0 Å². The maximum Gasteiger partial charge on any atom is 0.295 e. The molecule has 0 bridgehead atoms. The molecule has 1 fully saturated rings. The molecule has 0 radical (unpaired) electrons. The lowest BCUT2D eigenvalue weighted by atomic mass is 9.94. The van der Waals surface area contributed by atoms with Crippen molar-refractivity contribution in [3.63, 3.8) is 0 Å². The molecule has 2 aromatic carbocycles. The van der Waals surface area contributed by atoms with Crippen molar-refractivity contribution in [3.8, 4) is 11.5 Å². The third kappa shape index (κ3) is 7.41. The van der Waals surface area contributed by atoms with Crippen LogP contribution in [0.3, 0.4) is 0 Å². The second-order valence-electron chi connectivity index (χ2n) is 9.97. The molecular formula is C32H44N2O5. The van der Waals surface area contributed by atoms with Gasteiger partial charge in [0.25, 0.3) is 11.7 Å². The van der Waals surface area contributed by atoms with Crippen LogP contribution in [-0.4, -0.2) is 66.0 Å². The number of likely N-dealkylation sites (tertiary alicyclic amines) is 1. The van der Waals surface area contributed by atoms with Crippen LogP contribution in [0.5, 0.6) is 11.5 Å². The van der Waals surface area contributed by atoms with Crippen LogP contribution in [0.2, 0.25) is 0 Å². The maximum atomic E-state index is 13.4. The van der Waals surface area contributed by atoms with Crippen molar-refractivity contribution in [1.29, 1.82) is 0 Å². The first-order valence-electron chi connectivity index (χ1n) is 14.3. The summed E-state index contributed by atoms with van der Waals surface area (Å²) in [7, 11) is 0. The third-order valence-electron chi connectivity index (χ3n) is 7.26. The van der Waals surface area contributed by atoms with Crippen molar-refractivity contribution in [1.82, 2.24) is 9.80 Å². The van der Waals surface area contributed by atoms with Gasteiger partial charge in [-0.25, -0.2) is 0 Å². The van der Waals surface area contributed by atoms with E-state index in [9.17, 15) is 14.7 Å². The summed E-state index contributed by atoms with van der Waals surface area (Å²) in [5.74, 6) is 0.0566. The number of Topliss-reactive ketones (excluding diaryl/α,β-unsaturated/α-hetero) is 1. The van der Waals surface area contributed by atoms with Crippen molar-refractivity contribution in [2.45, 2.75) is 66.3 Å². The molecule has 1 atom stereocenters. The monoisotopic (exact) mass is 536 g/mol. The topological polar surface area (TPSA) is 79.3 Å². The minimum atomic E-state index is -0.689. The predicted octanol–water partition coefficient (Wildman–Crippen LogP) is 6.12. The van der Waals surface area contributed by atoms with Crippen LogP contribution < -0.4 is 9.47 Å². The first-order chi connectivity index (χ1) is 18.9. The van der Waals surface area contributed by atoms with Gasteiger partial charge in [0.05, 0.1) is 24.8 Å². The molecule has 212 valence electrons. The van der Waals surface area contributed by atoms with E-state index in [4.69, 9.17) is 9.47 Å². The van der Waals surface area contributed by atoms with Gasteiger partial charge in [-0.1, -0.05) is 52.7 Å². The number of likely N-dealkylation sites (N-methyl/N-ethyl adjacent to an activating group) is 1. The summed E-state index contributed by atoms with van der Waals surface area (Å²) in [6, 6.07) is 12.2. The quantitative estimate of drug-likeness (QED) is 0.128. The number of ketones is 1. The van der Waals surface area contributed by atoms with Gasteiger partial charge in [0.1, 0.15) is 17.3 Å². The number of carbonyl (C=O) groups is 2. The number of hydrogen-bond donors (Lipinski definition) is 1. The zero-order valence-corrected chi connectivity index (χ0v) is 24.2. The van der Waals surface area contributed by atoms with E-state index in [0.717, 1.165) is 61.4 Å². The van der Waals surface area contributed by atoms with Crippen molar-refractivity contribution < 1.29 is 24.2 Å². The van der Waals surface area contributed by atoms with E-state index < -0.39 is 17.7 Å². The molecule has 2 aromatic rings. The van der Waals surface area contributed by atoms with Gasteiger partial charge >= 0.3 is 0 Å². The van der Waals surface area contributed by atoms with Crippen LogP contribution >= 0.6 is 0 Å². The number of aryl methyl sites for hydroxylation is 1. The molecule has 1 unspecified atom stereocenters. The highest BCUT2D eigenvalue weighted by atomic mass is 16.5. The van der Waals surface area contributed by atoms with Gasteiger partial charge < -0.3 is 24.4 Å². The number of nitrogens with zero attached hydrogens (tertiary/aromatic N) is 2. The number of amides is 1. The zero-order chi connectivity index (χ0) is 28.4. The molecule has 1 amide bonds. The van der Waals surface area contributed by atoms with Gasteiger partial charge in [0.2, 0.25) is 0 Å². The third-order valence-corrected chi connectivity index (χ3v) is 7.26. The van der Waals surface area contributed by atoms with Gasteiger partial charge in [0, 0.05) is 18.7 Å². The van der Waals surface area contributed by atoms with Gasteiger partial charge in [-0.2, -0.15) is 0 Å². The van der Waals surface area contributed by atoms with Gasteiger partial charge in [0.15, 0.2) is 0 Å². The fourth-order valence-corrected chi connectivity index (χ4v) is 4.77. The molecule has 1 aliphatic rings. The highest BCUT2D eigenvalue weighted by molar-refractivity contribution is 6.46. The normalized spacial score (nSPS) is 16.8. The van der Waals surface area contributed by atoms with Crippen LogP contribution in [0, 0.1) is 6.92 Å². The summed E-state index contributed by atoms with van der Waals surface area (Å²) < 4.78 is 11.7. The number of aliphatic hydroxyl groups is 1. The van der Waals surface area contributed by atoms with Crippen LogP contribution in [-0.2, 0) is 9.59 Å². The van der Waals surface area contributed by atoms with E-state index in [1.807, 2.05) is 43.3 Å². The average molecular weight is 537 g/mol. The molecule has 3 rings (SSSR count). The van der Waals surface area contributed by atoms with Crippen molar-refractivity contribution in [3.05, 3.63) is 64.7 Å². The zero-order valence-electron chi connectivity index (χ0n) is 24.2. The Morgan fingerprint density at radius 3 is 2.15 bits per heavy atom. The van der Waals surface area contributed by atoms with E-state index in [-0.39, 0.29) is 11.3 Å². The lowest BCUT2D eigenvalue weighted by Gasteiger charge is -2.28. The molecule has 0 aliphatic carbocycles. The number of unbranched alkanes of at least 4 members (excludes halogenated alkanes) is 2. The summed E-state index contributed by atoms with van der Waals surface area (Å²) in [5.41, 5.74) is 2.21. The summed E-state index contributed by atoms with van der Waals surface area (Å²) in [6.07, 6.45) is 4.01. The van der Waals surface area contributed by atoms with E-state index in [2.05, 4.69) is 32.6 Å². The lowest BCUT2D eigenvalue weighted by Crippen LogP contribution is -2.38. The summed E-state index contributed by atoms with van der Waals surface area (Å²) in [6.45, 7) is 14.3. The van der Waals surface area contributed by atoms with E-state index in [1.54, 1.807) is 11.0 Å². The van der Waals surface area contributed by atoms with Crippen molar-refractivity contribution in [2.75, 3.05) is 39.4 Å². The number of benzene rings is 2. The highest BCUT2D eigenvalue weighted by Gasteiger charge is 2.46. The van der Waals surface area contributed by atoms with E-state index in [0.29, 0.717) is 31.9 Å². The molecular weight excluding hydrogens is 492 g/mol. The highest BCUT2D eigenvalue weighted by Crippen LogP contribution is 2.40. The largest absolute Gasteiger partial charge is 0.507 e. The van der Waals surface area contributed by atoms with Gasteiger partial charge in [-0.15, -0.1) is 0 Å². The molecule has 0 spiro atoms. The maximum absolute atomic E-state index is 13.4. The fourth-order valence-electron chi connectivity index (χ4n) is 4.77. The molecule has 1 heterocycles. The standard InChI is InChI=1S/C32H44N2O5/c1-6-10-20-38-26-15-12-24(13-16-26)29-28(31(36)32(37)34(29)19-18-33(8-3)9-4)30(35)25-14-17-27(23(5)22-25)39-21-11-7-2/h12-17,22,29,35H,6-11,18-21H2,1-5H3/b30-28+. The SMILES string of the molecule is CCCCOc1ccc(C2/C(=C(\O)c3ccc(OCCCC)c(C)c3)C(=O)C(=O)N2CCN(CC)CC)cc1. The Hall–Kier alpha value is -3.32. The Morgan fingerprint density at radius 2 is 1.56 bits per heavy atom. The molecule has 39 heavy (non-hydrogen) atoms. The molecule has 7 heteroatoms. The number of carbonyl (C=O) groups excluding carboxylic acids is 2. The molecule has 0 saturated carbocycles. The number of hydrogen-bond acceptors (Lipinski definition) is 6. The van der Waals surface area contributed by atoms with Gasteiger partial charge in [-0.3, -0.25) is 9.59 Å². The number of rotatable bonds is 15. The number of ether oxygens (including phenoxy) is 2. The Bertz CT molecular complexity index is 1140. The fraction of sp³-hybridized carbons (Fsp3) is 0.500. The summed E-state index contributed by atoms with van der Waals surface area (Å²) in [5, 5.41) is 11.5. The van der Waals surface area contributed by atoms with Crippen LogP contribution in [0.25, 0.3) is 5.76 Å². The lowest BCUT2D eigenvalue weighted by molar-refractivity contribution is -0.140. The molecule has 1 aliphatic heterocycles. The summed E-state index contributed by atoms with van der Waals surface area (Å²) >= 11 is 0. The Labute approximate surface area is 233 Å². The van der Waals surface area contributed by atoms with Gasteiger partial charge in [-0.05, 0) is 74.3 Å². The molecule has 7 nitrogen and oxygen atoms in total. The Balaban J connectivity index is 2.00. The molecule has 1 saturated heterocycles. The smallest absolute Gasteiger partial charge is 0.295 e. The van der Waals surface area contributed by atoms with Crippen LogP contribution in [0.1, 0.15) is 76.1 Å². The Morgan fingerprint density at radius 1 is 0.923 bits per heavy atom. The minimum absolute atomic E-state index is 0.109. The second kappa shape index (κ2) is 14.7. The predicted molar refractivity (Wildman–Crippen MR) is 155 cm³/mol. The minimum Gasteiger partial charge on any atom is -0.507 e. The molecule has 1 N–H and O–H groups in total. The Kier molecular flexibility index (Phi) is 11.4. The number of aliphatic hydroxyl groups excluding tert-OH is 1. The first kappa shape index (κ1) is 30.2. The molecule has 0 aromatic heterocycles.